The van der Waals surface area contributed by atoms with E-state index < -0.39 is 0 Å². The first kappa shape index (κ1) is 13.3. The third-order valence-electron chi connectivity index (χ3n) is 3.81. The van der Waals surface area contributed by atoms with Gasteiger partial charge >= 0.3 is 0 Å². The fraction of sp³-hybridized carbons (Fsp3) is 0.294. The third kappa shape index (κ3) is 3.24. The highest BCUT2D eigenvalue weighted by Crippen LogP contribution is 2.36. The summed E-state index contributed by atoms with van der Waals surface area (Å²) in [6.07, 6.45) is 2.08. The predicted octanol–water partition coefficient (Wildman–Crippen LogP) is 3.79. The topological polar surface area (TPSA) is 21.3 Å². The molecule has 2 aromatic rings. The van der Waals surface area contributed by atoms with Crippen LogP contribution in [0.5, 0.6) is 0 Å². The molecule has 3 heteroatoms. The Hall–Kier alpha value is -1.71. The molecule has 0 saturated heterocycles. The molecule has 0 radical (unpaired) electrons. The quantitative estimate of drug-likeness (QED) is 0.835. The van der Waals surface area contributed by atoms with Crippen LogP contribution in [0.15, 0.2) is 54.6 Å². The van der Waals surface area contributed by atoms with Crippen molar-refractivity contribution in [1.82, 2.24) is 5.48 Å². The van der Waals surface area contributed by atoms with Crippen LogP contribution in [0.3, 0.4) is 0 Å². The first-order valence-corrected chi connectivity index (χ1v) is 6.98. The van der Waals surface area contributed by atoms with Gasteiger partial charge in [0.05, 0.1) is 6.61 Å². The number of hydroxylamine groups is 1. The molecule has 0 aliphatic heterocycles. The number of nitrogens with one attached hydrogen (secondary N) is 1. The SMILES string of the molecule is Fc1ccc(C2CC(NOCc3ccccc3)C2)cc1. The summed E-state index contributed by atoms with van der Waals surface area (Å²) in [6.45, 7) is 0.582. The maximum Gasteiger partial charge on any atom is 0.123 e. The molecule has 2 aromatic carbocycles. The van der Waals surface area contributed by atoms with Crippen molar-refractivity contribution in [2.45, 2.75) is 31.4 Å². The summed E-state index contributed by atoms with van der Waals surface area (Å²) in [7, 11) is 0. The van der Waals surface area contributed by atoms with Crippen LogP contribution >= 0.6 is 0 Å². The fourth-order valence-corrected chi connectivity index (χ4v) is 2.54. The first-order chi connectivity index (χ1) is 9.81. The average Bonchev–Trinajstić information content (AvgIpc) is 2.44. The van der Waals surface area contributed by atoms with Gasteiger partial charge in [-0.05, 0) is 42.0 Å². The normalized spacial score (nSPS) is 21.4. The summed E-state index contributed by atoms with van der Waals surface area (Å²) < 4.78 is 12.8. The Bertz CT molecular complexity index is 535. The summed E-state index contributed by atoms with van der Waals surface area (Å²) in [5.74, 6) is 0.349. The first-order valence-electron chi connectivity index (χ1n) is 6.98. The van der Waals surface area contributed by atoms with Crippen LogP contribution in [0, 0.1) is 5.82 Å². The molecule has 0 unspecified atom stereocenters. The van der Waals surface area contributed by atoms with Gasteiger partial charge in [-0.1, -0.05) is 42.5 Å². The van der Waals surface area contributed by atoms with Crippen molar-refractivity contribution in [3.63, 3.8) is 0 Å². The van der Waals surface area contributed by atoms with Gasteiger partial charge in [0.25, 0.3) is 0 Å². The van der Waals surface area contributed by atoms with Crippen LogP contribution in [0.4, 0.5) is 4.39 Å². The van der Waals surface area contributed by atoms with Crippen LogP contribution < -0.4 is 5.48 Å². The van der Waals surface area contributed by atoms with Crippen molar-refractivity contribution >= 4 is 0 Å². The molecule has 2 nitrogen and oxygen atoms in total. The predicted molar refractivity (Wildman–Crippen MR) is 76.5 cm³/mol. The Labute approximate surface area is 118 Å². The molecule has 1 saturated carbocycles. The Morgan fingerprint density at radius 3 is 2.40 bits per heavy atom. The fourth-order valence-electron chi connectivity index (χ4n) is 2.54. The number of hydrogen-bond donors (Lipinski definition) is 1. The van der Waals surface area contributed by atoms with Crippen molar-refractivity contribution in [3.8, 4) is 0 Å². The van der Waals surface area contributed by atoms with E-state index in [0.29, 0.717) is 18.6 Å². The zero-order chi connectivity index (χ0) is 13.8. The number of benzene rings is 2. The maximum absolute atomic E-state index is 12.8. The molecule has 0 heterocycles. The minimum absolute atomic E-state index is 0.172. The minimum atomic E-state index is -0.172. The third-order valence-corrected chi connectivity index (χ3v) is 3.81. The van der Waals surface area contributed by atoms with Crippen molar-refractivity contribution in [1.29, 1.82) is 0 Å². The Kier molecular flexibility index (Phi) is 4.09. The smallest absolute Gasteiger partial charge is 0.123 e. The minimum Gasteiger partial charge on any atom is -0.297 e. The highest BCUT2D eigenvalue weighted by Gasteiger charge is 2.30. The molecule has 0 atom stereocenters. The van der Waals surface area contributed by atoms with Crippen molar-refractivity contribution in [2.24, 2.45) is 0 Å². The van der Waals surface area contributed by atoms with Gasteiger partial charge in [0.1, 0.15) is 5.82 Å². The molecule has 0 spiro atoms. The monoisotopic (exact) mass is 271 g/mol. The van der Waals surface area contributed by atoms with Gasteiger partial charge in [0, 0.05) is 6.04 Å². The van der Waals surface area contributed by atoms with Gasteiger partial charge in [-0.3, -0.25) is 4.84 Å². The van der Waals surface area contributed by atoms with Gasteiger partial charge in [-0.2, -0.15) is 5.48 Å². The van der Waals surface area contributed by atoms with E-state index in [9.17, 15) is 4.39 Å². The largest absolute Gasteiger partial charge is 0.297 e. The molecule has 0 amide bonds. The van der Waals surface area contributed by atoms with Gasteiger partial charge in [0.15, 0.2) is 0 Å². The van der Waals surface area contributed by atoms with Crippen molar-refractivity contribution in [2.75, 3.05) is 0 Å². The Balaban J connectivity index is 1.39. The molecule has 1 aliphatic rings. The molecule has 1 aliphatic carbocycles. The lowest BCUT2D eigenvalue weighted by Crippen LogP contribution is -2.39. The second kappa shape index (κ2) is 6.16. The van der Waals surface area contributed by atoms with E-state index in [1.54, 1.807) is 0 Å². The summed E-state index contributed by atoms with van der Waals surface area (Å²) in [5.41, 5.74) is 5.48. The van der Waals surface area contributed by atoms with E-state index in [4.69, 9.17) is 4.84 Å². The molecule has 1 N–H and O–H groups in total. The van der Waals surface area contributed by atoms with Gasteiger partial charge in [-0.15, -0.1) is 0 Å². The molecule has 1 fully saturated rings. The van der Waals surface area contributed by atoms with Crippen molar-refractivity contribution in [3.05, 3.63) is 71.5 Å². The van der Waals surface area contributed by atoms with Crippen LogP contribution in [0.25, 0.3) is 0 Å². The highest BCUT2D eigenvalue weighted by molar-refractivity contribution is 5.23. The standard InChI is InChI=1S/C17H18FNO/c18-16-8-6-14(7-9-16)15-10-17(11-15)19-20-12-13-4-2-1-3-5-13/h1-9,15,17,19H,10-12H2. The van der Waals surface area contributed by atoms with Gasteiger partial charge < -0.3 is 0 Å². The van der Waals surface area contributed by atoms with Crippen LogP contribution in [-0.4, -0.2) is 6.04 Å². The second-order valence-electron chi connectivity index (χ2n) is 5.31. The molecule has 0 bridgehead atoms. The lowest BCUT2D eigenvalue weighted by atomic mass is 9.76. The van der Waals surface area contributed by atoms with E-state index in [0.717, 1.165) is 18.4 Å². The van der Waals surface area contributed by atoms with Crippen LogP contribution in [0.1, 0.15) is 29.9 Å². The molecular weight excluding hydrogens is 253 g/mol. The maximum atomic E-state index is 12.8. The number of hydrogen-bond acceptors (Lipinski definition) is 2. The molecular formula is C17H18FNO. The van der Waals surface area contributed by atoms with Crippen LogP contribution in [0.2, 0.25) is 0 Å². The summed E-state index contributed by atoms with van der Waals surface area (Å²) in [4.78, 5) is 5.52. The lowest BCUT2D eigenvalue weighted by Gasteiger charge is -2.35. The van der Waals surface area contributed by atoms with E-state index in [-0.39, 0.29) is 5.82 Å². The molecule has 0 aromatic heterocycles. The Morgan fingerprint density at radius 1 is 1.00 bits per heavy atom. The Morgan fingerprint density at radius 2 is 1.70 bits per heavy atom. The average molecular weight is 271 g/mol. The summed E-state index contributed by atoms with van der Waals surface area (Å²) in [5, 5.41) is 0. The van der Waals surface area contributed by atoms with E-state index in [1.807, 2.05) is 42.5 Å². The van der Waals surface area contributed by atoms with Gasteiger partial charge in [-0.25, -0.2) is 4.39 Å². The second-order valence-corrected chi connectivity index (χ2v) is 5.31. The molecule has 20 heavy (non-hydrogen) atoms. The summed E-state index contributed by atoms with van der Waals surface area (Å²) >= 11 is 0. The highest BCUT2D eigenvalue weighted by atomic mass is 19.1. The van der Waals surface area contributed by atoms with E-state index in [1.165, 1.54) is 17.7 Å². The van der Waals surface area contributed by atoms with Crippen LogP contribution in [-0.2, 0) is 11.4 Å². The zero-order valence-corrected chi connectivity index (χ0v) is 11.3. The zero-order valence-electron chi connectivity index (χ0n) is 11.3. The van der Waals surface area contributed by atoms with E-state index in [2.05, 4.69) is 5.48 Å². The van der Waals surface area contributed by atoms with E-state index >= 15 is 0 Å². The molecule has 3 rings (SSSR count). The summed E-state index contributed by atoms with van der Waals surface area (Å²) in [6, 6.07) is 17.3. The number of halogens is 1. The lowest BCUT2D eigenvalue weighted by molar-refractivity contribution is -0.0197. The van der Waals surface area contributed by atoms with Gasteiger partial charge in [0.2, 0.25) is 0 Å². The number of rotatable bonds is 5. The van der Waals surface area contributed by atoms with Crippen molar-refractivity contribution < 1.29 is 9.23 Å². The molecule has 104 valence electrons.